The Morgan fingerprint density at radius 3 is 2.24 bits per heavy atom. The lowest BCUT2D eigenvalue weighted by Gasteiger charge is -2.31. The van der Waals surface area contributed by atoms with Gasteiger partial charge < -0.3 is 15.5 Å². The minimum Gasteiger partial charge on any atom is -0.325 e. The van der Waals surface area contributed by atoms with Gasteiger partial charge in [0.1, 0.15) is 0 Å². The fraction of sp³-hybridized carbons (Fsp3) is 0.263. The molecule has 0 unspecified atom stereocenters. The molecule has 2 aromatic rings. The summed E-state index contributed by atoms with van der Waals surface area (Å²) in [6, 6.07) is 16.4. The van der Waals surface area contributed by atoms with Gasteiger partial charge in [-0.15, -0.1) is 0 Å². The number of carbonyl (C=O) groups is 2. The molecule has 0 spiro atoms. The van der Waals surface area contributed by atoms with Crippen LogP contribution in [0.2, 0.25) is 5.02 Å². The van der Waals surface area contributed by atoms with Crippen LogP contribution in [0, 0.1) is 5.92 Å². The van der Waals surface area contributed by atoms with Gasteiger partial charge in [0.15, 0.2) is 0 Å². The van der Waals surface area contributed by atoms with Crippen molar-refractivity contribution >= 4 is 34.9 Å². The summed E-state index contributed by atoms with van der Waals surface area (Å²) in [5.74, 6) is -0.159. The fourth-order valence-corrected chi connectivity index (χ4v) is 3.05. The monoisotopic (exact) mass is 357 g/mol. The number of halogens is 1. The number of nitrogens with one attached hydrogen (secondary N) is 2. The average Bonchev–Trinajstić information content (AvgIpc) is 2.64. The Morgan fingerprint density at radius 2 is 1.56 bits per heavy atom. The predicted octanol–water partition coefficient (Wildman–Crippen LogP) is 4.22. The maximum atomic E-state index is 12.4. The van der Waals surface area contributed by atoms with Crippen molar-refractivity contribution in [3.63, 3.8) is 0 Å². The van der Waals surface area contributed by atoms with E-state index in [1.54, 1.807) is 17.0 Å². The van der Waals surface area contributed by atoms with Gasteiger partial charge in [-0.25, -0.2) is 4.79 Å². The molecular formula is C19H20ClN3O2. The summed E-state index contributed by atoms with van der Waals surface area (Å²) in [5, 5.41) is 6.27. The molecule has 0 aliphatic carbocycles. The average molecular weight is 358 g/mol. The maximum Gasteiger partial charge on any atom is 0.321 e. The van der Waals surface area contributed by atoms with Crippen molar-refractivity contribution in [2.75, 3.05) is 23.7 Å². The number of likely N-dealkylation sites (tertiary alicyclic amines) is 1. The molecule has 0 radical (unpaired) electrons. The molecule has 1 aliphatic heterocycles. The zero-order chi connectivity index (χ0) is 17.6. The molecule has 1 aliphatic rings. The van der Waals surface area contributed by atoms with Crippen molar-refractivity contribution in [2.45, 2.75) is 12.8 Å². The number of hydrogen-bond acceptors (Lipinski definition) is 2. The first-order chi connectivity index (χ1) is 12.1. The number of nitrogens with zero attached hydrogens (tertiary/aromatic N) is 1. The van der Waals surface area contributed by atoms with E-state index in [1.807, 2.05) is 42.5 Å². The van der Waals surface area contributed by atoms with Crippen molar-refractivity contribution in [2.24, 2.45) is 5.92 Å². The Morgan fingerprint density at radius 1 is 0.920 bits per heavy atom. The highest BCUT2D eigenvalue weighted by atomic mass is 35.5. The van der Waals surface area contributed by atoms with Crippen LogP contribution in [0.1, 0.15) is 12.8 Å². The van der Waals surface area contributed by atoms with Crippen LogP contribution in [-0.4, -0.2) is 29.9 Å². The molecule has 3 amide bonds. The van der Waals surface area contributed by atoms with E-state index in [-0.39, 0.29) is 17.9 Å². The number of piperidine rings is 1. The van der Waals surface area contributed by atoms with Crippen molar-refractivity contribution in [3.05, 3.63) is 59.6 Å². The van der Waals surface area contributed by atoms with E-state index < -0.39 is 0 Å². The Labute approximate surface area is 152 Å². The second-order valence-electron chi connectivity index (χ2n) is 6.03. The third kappa shape index (κ3) is 4.51. The van der Waals surface area contributed by atoms with Gasteiger partial charge in [-0.3, -0.25) is 4.79 Å². The number of anilines is 2. The van der Waals surface area contributed by atoms with Gasteiger partial charge in [0.05, 0.1) is 10.7 Å². The quantitative estimate of drug-likeness (QED) is 0.863. The number of para-hydroxylation sites is 2. The minimum atomic E-state index is -0.129. The van der Waals surface area contributed by atoms with E-state index in [0.29, 0.717) is 36.6 Å². The van der Waals surface area contributed by atoms with Crippen LogP contribution < -0.4 is 10.6 Å². The number of benzene rings is 2. The molecule has 1 fully saturated rings. The summed E-state index contributed by atoms with van der Waals surface area (Å²) in [4.78, 5) is 26.4. The van der Waals surface area contributed by atoms with Gasteiger partial charge in [-0.1, -0.05) is 41.9 Å². The summed E-state index contributed by atoms with van der Waals surface area (Å²) in [7, 11) is 0. The highest BCUT2D eigenvalue weighted by Gasteiger charge is 2.27. The summed E-state index contributed by atoms with van der Waals surface area (Å²) in [6.07, 6.45) is 1.27. The van der Waals surface area contributed by atoms with Crippen LogP contribution in [0.4, 0.5) is 16.2 Å². The number of carbonyl (C=O) groups excluding carboxylic acids is 2. The van der Waals surface area contributed by atoms with Crippen molar-refractivity contribution in [1.82, 2.24) is 4.90 Å². The standard InChI is InChI=1S/C19H20ClN3O2/c20-16-8-4-5-9-17(16)22-18(24)14-10-12-23(13-11-14)19(25)21-15-6-2-1-3-7-15/h1-9,14H,10-13H2,(H,21,25)(H,22,24). The van der Waals surface area contributed by atoms with E-state index in [0.717, 1.165) is 5.69 Å². The van der Waals surface area contributed by atoms with E-state index in [4.69, 9.17) is 11.6 Å². The van der Waals surface area contributed by atoms with Crippen LogP contribution in [0.5, 0.6) is 0 Å². The summed E-state index contributed by atoms with van der Waals surface area (Å²) >= 11 is 6.07. The number of urea groups is 1. The van der Waals surface area contributed by atoms with Gasteiger partial charge in [0, 0.05) is 24.7 Å². The molecule has 2 aromatic carbocycles. The Bertz CT molecular complexity index is 743. The Balaban J connectivity index is 1.50. The van der Waals surface area contributed by atoms with E-state index in [1.165, 1.54) is 0 Å². The Hall–Kier alpha value is -2.53. The van der Waals surface area contributed by atoms with Crippen molar-refractivity contribution in [1.29, 1.82) is 0 Å². The van der Waals surface area contributed by atoms with E-state index in [9.17, 15) is 9.59 Å². The van der Waals surface area contributed by atoms with E-state index in [2.05, 4.69) is 10.6 Å². The molecule has 1 heterocycles. The molecular weight excluding hydrogens is 338 g/mol. The lowest BCUT2D eigenvalue weighted by atomic mass is 9.96. The number of rotatable bonds is 3. The fourth-order valence-electron chi connectivity index (χ4n) is 2.87. The second kappa shape index (κ2) is 8.03. The molecule has 5 nitrogen and oxygen atoms in total. The summed E-state index contributed by atoms with van der Waals surface area (Å²) < 4.78 is 0. The van der Waals surface area contributed by atoms with Crippen LogP contribution in [-0.2, 0) is 4.79 Å². The first kappa shape index (κ1) is 17.3. The zero-order valence-electron chi connectivity index (χ0n) is 13.7. The third-order valence-electron chi connectivity index (χ3n) is 4.31. The first-order valence-corrected chi connectivity index (χ1v) is 8.67. The molecule has 0 saturated carbocycles. The Kier molecular flexibility index (Phi) is 5.56. The van der Waals surface area contributed by atoms with Gasteiger partial charge >= 0.3 is 6.03 Å². The van der Waals surface area contributed by atoms with Crippen LogP contribution in [0.15, 0.2) is 54.6 Å². The summed E-state index contributed by atoms with van der Waals surface area (Å²) in [5.41, 5.74) is 1.39. The molecule has 0 atom stereocenters. The smallest absolute Gasteiger partial charge is 0.321 e. The molecule has 0 bridgehead atoms. The third-order valence-corrected chi connectivity index (χ3v) is 4.64. The van der Waals surface area contributed by atoms with E-state index >= 15 is 0 Å². The maximum absolute atomic E-state index is 12.4. The highest BCUT2D eigenvalue weighted by Crippen LogP contribution is 2.24. The second-order valence-corrected chi connectivity index (χ2v) is 6.43. The van der Waals surface area contributed by atoms with Crippen molar-refractivity contribution in [3.8, 4) is 0 Å². The van der Waals surface area contributed by atoms with Gasteiger partial charge in [0.2, 0.25) is 5.91 Å². The molecule has 0 aromatic heterocycles. The first-order valence-electron chi connectivity index (χ1n) is 8.30. The number of hydrogen-bond donors (Lipinski definition) is 2. The summed E-state index contributed by atoms with van der Waals surface area (Å²) in [6.45, 7) is 1.11. The molecule has 2 N–H and O–H groups in total. The van der Waals surface area contributed by atoms with Crippen LogP contribution in [0.3, 0.4) is 0 Å². The van der Waals surface area contributed by atoms with Gasteiger partial charge in [-0.05, 0) is 37.1 Å². The topological polar surface area (TPSA) is 61.4 Å². The van der Waals surface area contributed by atoms with Gasteiger partial charge in [-0.2, -0.15) is 0 Å². The lowest BCUT2D eigenvalue weighted by Crippen LogP contribution is -2.43. The van der Waals surface area contributed by atoms with Gasteiger partial charge in [0.25, 0.3) is 0 Å². The minimum absolute atomic E-state index is 0.0452. The number of amides is 3. The zero-order valence-corrected chi connectivity index (χ0v) is 14.5. The molecule has 25 heavy (non-hydrogen) atoms. The molecule has 1 saturated heterocycles. The highest BCUT2D eigenvalue weighted by molar-refractivity contribution is 6.33. The van der Waals surface area contributed by atoms with Crippen LogP contribution in [0.25, 0.3) is 0 Å². The molecule has 3 rings (SSSR count). The normalized spacial score (nSPS) is 14.8. The van der Waals surface area contributed by atoms with Crippen LogP contribution >= 0.6 is 11.6 Å². The SMILES string of the molecule is O=C(Nc1ccccc1Cl)C1CCN(C(=O)Nc2ccccc2)CC1. The lowest BCUT2D eigenvalue weighted by molar-refractivity contribution is -0.121. The largest absolute Gasteiger partial charge is 0.325 e. The molecule has 6 heteroatoms. The van der Waals surface area contributed by atoms with Crippen molar-refractivity contribution < 1.29 is 9.59 Å². The predicted molar refractivity (Wildman–Crippen MR) is 99.8 cm³/mol. The molecule has 130 valence electrons.